The molecule has 0 aliphatic carbocycles. The molecule has 0 saturated carbocycles. The van der Waals surface area contributed by atoms with Crippen molar-refractivity contribution >= 4 is 0 Å². The standard InChI is InChI=1S/C17H35NO/c1-5-6-7-8-9-12-16-15(11-10-13-19-16)14-18-17(2,3)4/h15-16,18H,5-14H2,1-4H3. The van der Waals surface area contributed by atoms with Crippen molar-refractivity contribution in [3.05, 3.63) is 0 Å². The van der Waals surface area contributed by atoms with E-state index in [1.54, 1.807) is 0 Å². The second-order valence-corrected chi connectivity index (χ2v) is 7.15. The molecule has 2 atom stereocenters. The molecular weight excluding hydrogens is 234 g/mol. The molecule has 1 N–H and O–H groups in total. The van der Waals surface area contributed by atoms with Crippen LogP contribution in [0.1, 0.15) is 79.1 Å². The average Bonchev–Trinajstić information content (AvgIpc) is 2.36. The summed E-state index contributed by atoms with van der Waals surface area (Å²) >= 11 is 0. The van der Waals surface area contributed by atoms with E-state index < -0.39 is 0 Å². The molecule has 0 spiro atoms. The maximum absolute atomic E-state index is 6.02. The number of rotatable bonds is 8. The van der Waals surface area contributed by atoms with Crippen molar-refractivity contribution in [3.8, 4) is 0 Å². The van der Waals surface area contributed by atoms with Crippen LogP contribution in [0.25, 0.3) is 0 Å². The third kappa shape index (κ3) is 7.94. The quantitative estimate of drug-likeness (QED) is 0.654. The molecule has 0 aromatic heterocycles. The third-order valence-corrected chi connectivity index (χ3v) is 4.06. The second kappa shape index (κ2) is 8.97. The van der Waals surface area contributed by atoms with Crippen molar-refractivity contribution in [1.82, 2.24) is 5.32 Å². The third-order valence-electron chi connectivity index (χ3n) is 4.06. The number of unbranched alkanes of at least 4 members (excludes halogenated alkanes) is 4. The van der Waals surface area contributed by atoms with E-state index in [0.29, 0.717) is 6.10 Å². The largest absolute Gasteiger partial charge is 0.378 e. The molecule has 0 amide bonds. The van der Waals surface area contributed by atoms with Gasteiger partial charge in [-0.2, -0.15) is 0 Å². The van der Waals surface area contributed by atoms with Crippen molar-refractivity contribution in [3.63, 3.8) is 0 Å². The second-order valence-electron chi connectivity index (χ2n) is 7.15. The highest BCUT2D eigenvalue weighted by Crippen LogP contribution is 2.25. The van der Waals surface area contributed by atoms with Gasteiger partial charge in [-0.1, -0.05) is 39.0 Å². The molecule has 1 rings (SSSR count). The molecule has 2 unspecified atom stereocenters. The van der Waals surface area contributed by atoms with Gasteiger partial charge in [-0.05, 0) is 46.0 Å². The van der Waals surface area contributed by atoms with Gasteiger partial charge in [0.15, 0.2) is 0 Å². The normalized spacial score (nSPS) is 24.6. The fourth-order valence-electron chi connectivity index (χ4n) is 2.84. The predicted octanol–water partition coefficient (Wildman–Crippen LogP) is 4.53. The topological polar surface area (TPSA) is 21.3 Å². The Bertz CT molecular complexity index is 222. The summed E-state index contributed by atoms with van der Waals surface area (Å²) in [7, 11) is 0. The van der Waals surface area contributed by atoms with Crippen LogP contribution in [0.5, 0.6) is 0 Å². The van der Waals surface area contributed by atoms with Gasteiger partial charge in [0.25, 0.3) is 0 Å². The number of hydrogen-bond acceptors (Lipinski definition) is 2. The molecule has 114 valence electrons. The van der Waals surface area contributed by atoms with Crippen LogP contribution in [-0.2, 0) is 4.74 Å². The summed E-state index contributed by atoms with van der Waals surface area (Å²) in [6.07, 6.45) is 11.2. The van der Waals surface area contributed by atoms with Gasteiger partial charge >= 0.3 is 0 Å². The van der Waals surface area contributed by atoms with Crippen molar-refractivity contribution in [2.24, 2.45) is 5.92 Å². The first-order chi connectivity index (χ1) is 9.03. The van der Waals surface area contributed by atoms with E-state index in [1.165, 1.54) is 51.4 Å². The van der Waals surface area contributed by atoms with Crippen molar-refractivity contribution in [2.45, 2.75) is 90.7 Å². The summed E-state index contributed by atoms with van der Waals surface area (Å²) in [6, 6.07) is 0. The van der Waals surface area contributed by atoms with Gasteiger partial charge < -0.3 is 10.1 Å². The molecule has 0 radical (unpaired) electrons. The minimum Gasteiger partial charge on any atom is -0.378 e. The maximum atomic E-state index is 6.02. The lowest BCUT2D eigenvalue weighted by molar-refractivity contribution is -0.0327. The molecule has 1 saturated heterocycles. The minimum absolute atomic E-state index is 0.225. The molecule has 0 aromatic carbocycles. The number of hydrogen-bond donors (Lipinski definition) is 1. The fourth-order valence-corrected chi connectivity index (χ4v) is 2.84. The maximum Gasteiger partial charge on any atom is 0.0615 e. The Morgan fingerprint density at radius 2 is 1.84 bits per heavy atom. The zero-order chi connectivity index (χ0) is 14.1. The Kier molecular flexibility index (Phi) is 8.01. The van der Waals surface area contributed by atoms with Crippen LogP contribution < -0.4 is 5.32 Å². The van der Waals surface area contributed by atoms with E-state index in [-0.39, 0.29) is 5.54 Å². The molecule has 0 aromatic rings. The molecule has 2 heteroatoms. The number of nitrogens with one attached hydrogen (secondary N) is 1. The first kappa shape index (κ1) is 17.0. The molecule has 2 nitrogen and oxygen atoms in total. The zero-order valence-corrected chi connectivity index (χ0v) is 13.6. The first-order valence-corrected chi connectivity index (χ1v) is 8.39. The molecule has 19 heavy (non-hydrogen) atoms. The lowest BCUT2D eigenvalue weighted by atomic mass is 9.90. The molecule has 1 heterocycles. The molecule has 1 aliphatic rings. The summed E-state index contributed by atoms with van der Waals surface area (Å²) in [5.74, 6) is 0.721. The van der Waals surface area contributed by atoms with Crippen LogP contribution in [0.3, 0.4) is 0 Å². The number of ether oxygens (including phenoxy) is 1. The van der Waals surface area contributed by atoms with Crippen LogP contribution in [0, 0.1) is 5.92 Å². The molecule has 1 fully saturated rings. The Labute approximate surface area is 120 Å². The van der Waals surface area contributed by atoms with Gasteiger partial charge in [0, 0.05) is 18.7 Å². The Balaban J connectivity index is 2.23. The molecular formula is C17H35NO. The minimum atomic E-state index is 0.225. The molecule has 1 aliphatic heterocycles. The lowest BCUT2D eigenvalue weighted by Gasteiger charge is -2.34. The Hall–Kier alpha value is -0.0800. The van der Waals surface area contributed by atoms with Gasteiger partial charge in [-0.3, -0.25) is 0 Å². The smallest absolute Gasteiger partial charge is 0.0615 e. The van der Waals surface area contributed by atoms with E-state index in [1.807, 2.05) is 0 Å². The van der Waals surface area contributed by atoms with E-state index in [0.717, 1.165) is 19.1 Å². The van der Waals surface area contributed by atoms with E-state index >= 15 is 0 Å². The van der Waals surface area contributed by atoms with E-state index in [2.05, 4.69) is 33.0 Å². The van der Waals surface area contributed by atoms with Crippen molar-refractivity contribution in [2.75, 3.05) is 13.2 Å². The van der Waals surface area contributed by atoms with E-state index in [9.17, 15) is 0 Å². The first-order valence-electron chi connectivity index (χ1n) is 8.39. The monoisotopic (exact) mass is 269 g/mol. The summed E-state index contributed by atoms with van der Waals surface area (Å²) in [4.78, 5) is 0. The van der Waals surface area contributed by atoms with Crippen LogP contribution in [-0.4, -0.2) is 24.8 Å². The SMILES string of the molecule is CCCCCCCC1OCCCC1CNC(C)(C)C. The fraction of sp³-hybridized carbons (Fsp3) is 1.00. The summed E-state index contributed by atoms with van der Waals surface area (Å²) in [5.41, 5.74) is 0.225. The Morgan fingerprint density at radius 1 is 1.11 bits per heavy atom. The lowest BCUT2D eigenvalue weighted by Crippen LogP contribution is -2.44. The Morgan fingerprint density at radius 3 is 2.53 bits per heavy atom. The highest BCUT2D eigenvalue weighted by atomic mass is 16.5. The predicted molar refractivity (Wildman–Crippen MR) is 83.6 cm³/mol. The van der Waals surface area contributed by atoms with Gasteiger partial charge in [-0.15, -0.1) is 0 Å². The van der Waals surface area contributed by atoms with Gasteiger partial charge in [0.1, 0.15) is 0 Å². The van der Waals surface area contributed by atoms with Crippen LogP contribution in [0.15, 0.2) is 0 Å². The highest BCUT2D eigenvalue weighted by molar-refractivity contribution is 4.80. The van der Waals surface area contributed by atoms with Crippen molar-refractivity contribution in [1.29, 1.82) is 0 Å². The zero-order valence-electron chi connectivity index (χ0n) is 13.6. The molecule has 0 bridgehead atoms. The summed E-state index contributed by atoms with van der Waals surface area (Å²) < 4.78 is 6.02. The van der Waals surface area contributed by atoms with Crippen molar-refractivity contribution < 1.29 is 4.74 Å². The van der Waals surface area contributed by atoms with Gasteiger partial charge in [0.05, 0.1) is 6.10 Å². The van der Waals surface area contributed by atoms with Crippen LogP contribution >= 0.6 is 0 Å². The van der Waals surface area contributed by atoms with Crippen LogP contribution in [0.4, 0.5) is 0 Å². The van der Waals surface area contributed by atoms with Gasteiger partial charge in [-0.25, -0.2) is 0 Å². The van der Waals surface area contributed by atoms with E-state index in [4.69, 9.17) is 4.74 Å². The highest BCUT2D eigenvalue weighted by Gasteiger charge is 2.26. The summed E-state index contributed by atoms with van der Waals surface area (Å²) in [5, 5.41) is 3.65. The van der Waals surface area contributed by atoms with Gasteiger partial charge in [0.2, 0.25) is 0 Å². The summed E-state index contributed by atoms with van der Waals surface area (Å²) in [6.45, 7) is 11.1. The average molecular weight is 269 g/mol. The van der Waals surface area contributed by atoms with Crippen LogP contribution in [0.2, 0.25) is 0 Å².